The molecule has 0 saturated carbocycles. The van der Waals surface area contributed by atoms with Gasteiger partial charge < -0.3 is 5.32 Å². The Hall–Kier alpha value is -2.03. The Labute approximate surface area is 166 Å². The second-order valence-electron chi connectivity index (χ2n) is 5.96. The minimum absolute atomic E-state index is 0.0422. The molecular weight excluding hydrogens is 435 g/mol. The highest BCUT2D eigenvalue weighted by Crippen LogP contribution is 2.17. The SMILES string of the molecule is Cc1ccc(C)c(S(=O)(=O)NCCNC(=O)/C=C/c2cc(Br)ccc2F)c1. The molecule has 2 rings (SSSR count). The molecule has 0 radical (unpaired) electrons. The fraction of sp³-hybridized carbons (Fsp3) is 0.211. The molecule has 0 bridgehead atoms. The van der Waals surface area contributed by atoms with Gasteiger partial charge in [-0.25, -0.2) is 17.5 Å². The van der Waals surface area contributed by atoms with Crippen molar-refractivity contribution in [2.75, 3.05) is 13.1 Å². The van der Waals surface area contributed by atoms with Gasteiger partial charge in [-0.3, -0.25) is 4.79 Å². The number of hydrogen-bond acceptors (Lipinski definition) is 3. The molecule has 0 aliphatic rings. The zero-order valence-electron chi connectivity index (χ0n) is 14.9. The van der Waals surface area contributed by atoms with Gasteiger partial charge in [0.05, 0.1) is 4.90 Å². The summed E-state index contributed by atoms with van der Waals surface area (Å²) in [6.45, 7) is 3.69. The van der Waals surface area contributed by atoms with Crippen LogP contribution in [0.15, 0.2) is 51.8 Å². The number of rotatable bonds is 7. The van der Waals surface area contributed by atoms with Crippen molar-refractivity contribution >= 4 is 37.9 Å². The summed E-state index contributed by atoms with van der Waals surface area (Å²) < 4.78 is 41.4. The third-order valence-electron chi connectivity index (χ3n) is 3.72. The summed E-state index contributed by atoms with van der Waals surface area (Å²) in [7, 11) is -3.65. The molecule has 27 heavy (non-hydrogen) atoms. The molecule has 1 amide bonds. The highest BCUT2D eigenvalue weighted by Gasteiger charge is 2.16. The monoisotopic (exact) mass is 454 g/mol. The largest absolute Gasteiger partial charge is 0.351 e. The topological polar surface area (TPSA) is 75.3 Å². The van der Waals surface area contributed by atoms with Gasteiger partial charge in [0.2, 0.25) is 15.9 Å². The van der Waals surface area contributed by atoms with Crippen molar-refractivity contribution in [3.8, 4) is 0 Å². The third-order valence-corrected chi connectivity index (χ3v) is 5.82. The molecule has 0 aliphatic carbocycles. The molecule has 0 spiro atoms. The fourth-order valence-corrected chi connectivity index (χ4v) is 4.05. The first-order valence-electron chi connectivity index (χ1n) is 8.17. The zero-order chi connectivity index (χ0) is 20.0. The average Bonchev–Trinajstić information content (AvgIpc) is 2.61. The Balaban J connectivity index is 1.87. The van der Waals surface area contributed by atoms with E-state index < -0.39 is 21.7 Å². The Morgan fingerprint density at radius 2 is 1.89 bits per heavy atom. The first-order chi connectivity index (χ1) is 12.7. The number of nitrogens with one attached hydrogen (secondary N) is 2. The van der Waals surface area contributed by atoms with E-state index in [1.807, 2.05) is 13.0 Å². The number of hydrogen-bond donors (Lipinski definition) is 2. The van der Waals surface area contributed by atoms with Gasteiger partial charge in [-0.05, 0) is 55.3 Å². The predicted octanol–water partition coefficient (Wildman–Crippen LogP) is 3.31. The number of amides is 1. The van der Waals surface area contributed by atoms with Crippen LogP contribution in [0.25, 0.3) is 6.08 Å². The number of carbonyl (C=O) groups excluding carboxylic acids is 1. The lowest BCUT2D eigenvalue weighted by molar-refractivity contribution is -0.116. The van der Waals surface area contributed by atoms with Gasteiger partial charge >= 0.3 is 0 Å². The van der Waals surface area contributed by atoms with Crippen LogP contribution in [0.2, 0.25) is 0 Å². The van der Waals surface area contributed by atoms with Crippen LogP contribution in [-0.2, 0) is 14.8 Å². The molecule has 0 heterocycles. The lowest BCUT2D eigenvalue weighted by atomic mass is 10.2. The van der Waals surface area contributed by atoms with E-state index >= 15 is 0 Å². The second kappa shape index (κ2) is 9.25. The van der Waals surface area contributed by atoms with Crippen molar-refractivity contribution in [2.24, 2.45) is 0 Å². The van der Waals surface area contributed by atoms with Crippen LogP contribution >= 0.6 is 15.9 Å². The molecule has 8 heteroatoms. The summed E-state index contributed by atoms with van der Waals surface area (Å²) in [6.07, 6.45) is 2.56. The summed E-state index contributed by atoms with van der Waals surface area (Å²) in [4.78, 5) is 12.0. The molecule has 0 aromatic heterocycles. The van der Waals surface area contributed by atoms with E-state index in [1.165, 1.54) is 18.2 Å². The molecule has 2 aromatic rings. The van der Waals surface area contributed by atoms with Gasteiger partial charge in [0, 0.05) is 29.2 Å². The lowest BCUT2D eigenvalue weighted by Gasteiger charge is -2.10. The molecule has 2 aromatic carbocycles. The van der Waals surface area contributed by atoms with Gasteiger partial charge in [0.25, 0.3) is 0 Å². The molecule has 0 fully saturated rings. The van der Waals surface area contributed by atoms with Crippen LogP contribution in [0, 0.1) is 19.7 Å². The Kier molecular flexibility index (Phi) is 7.29. The first kappa shape index (κ1) is 21.3. The average molecular weight is 455 g/mol. The number of sulfonamides is 1. The normalized spacial score (nSPS) is 11.7. The van der Waals surface area contributed by atoms with Crippen LogP contribution in [-0.4, -0.2) is 27.4 Å². The minimum Gasteiger partial charge on any atom is -0.351 e. The van der Waals surface area contributed by atoms with Crippen molar-refractivity contribution in [1.29, 1.82) is 0 Å². The molecule has 0 unspecified atom stereocenters. The first-order valence-corrected chi connectivity index (χ1v) is 10.4. The predicted molar refractivity (Wildman–Crippen MR) is 107 cm³/mol. The summed E-state index contributed by atoms with van der Waals surface area (Å²) in [5.41, 5.74) is 1.77. The molecule has 0 atom stereocenters. The van der Waals surface area contributed by atoms with E-state index in [0.29, 0.717) is 10.0 Å². The zero-order valence-corrected chi connectivity index (χ0v) is 17.3. The Morgan fingerprint density at radius 3 is 2.63 bits per heavy atom. The minimum atomic E-state index is -3.65. The van der Waals surface area contributed by atoms with Gasteiger partial charge in [0.1, 0.15) is 5.82 Å². The Morgan fingerprint density at radius 1 is 1.15 bits per heavy atom. The maximum Gasteiger partial charge on any atom is 0.244 e. The van der Waals surface area contributed by atoms with Crippen LogP contribution < -0.4 is 10.0 Å². The van der Waals surface area contributed by atoms with Crippen molar-refractivity contribution in [3.05, 3.63) is 69.5 Å². The van der Waals surface area contributed by atoms with Crippen LogP contribution in [0.1, 0.15) is 16.7 Å². The van der Waals surface area contributed by atoms with E-state index in [-0.39, 0.29) is 23.5 Å². The Bertz CT molecular complexity index is 975. The van der Waals surface area contributed by atoms with Gasteiger partial charge in [-0.1, -0.05) is 28.1 Å². The summed E-state index contributed by atoms with van der Waals surface area (Å²) in [5.74, 6) is -0.885. The highest BCUT2D eigenvalue weighted by molar-refractivity contribution is 9.10. The van der Waals surface area contributed by atoms with Crippen molar-refractivity contribution in [3.63, 3.8) is 0 Å². The maximum absolute atomic E-state index is 13.6. The number of carbonyl (C=O) groups is 1. The lowest BCUT2D eigenvalue weighted by Crippen LogP contribution is -2.34. The maximum atomic E-state index is 13.6. The summed E-state index contributed by atoms with van der Waals surface area (Å²) in [6, 6.07) is 9.61. The van der Waals surface area contributed by atoms with Crippen LogP contribution in [0.5, 0.6) is 0 Å². The smallest absolute Gasteiger partial charge is 0.244 e. The number of halogens is 2. The third kappa shape index (κ3) is 6.27. The van der Waals surface area contributed by atoms with E-state index in [2.05, 4.69) is 26.0 Å². The van der Waals surface area contributed by atoms with Crippen molar-refractivity contribution in [2.45, 2.75) is 18.7 Å². The summed E-state index contributed by atoms with van der Waals surface area (Å²) in [5, 5.41) is 2.55. The number of benzene rings is 2. The molecule has 144 valence electrons. The molecule has 0 aliphatic heterocycles. The highest BCUT2D eigenvalue weighted by atomic mass is 79.9. The van der Waals surface area contributed by atoms with E-state index in [4.69, 9.17) is 0 Å². The molecule has 0 saturated heterocycles. The summed E-state index contributed by atoms with van der Waals surface area (Å²) >= 11 is 3.24. The van der Waals surface area contributed by atoms with Crippen molar-refractivity contribution in [1.82, 2.24) is 10.0 Å². The van der Waals surface area contributed by atoms with E-state index in [0.717, 1.165) is 5.56 Å². The van der Waals surface area contributed by atoms with Gasteiger partial charge in [-0.2, -0.15) is 0 Å². The van der Waals surface area contributed by atoms with Gasteiger partial charge in [0.15, 0.2) is 0 Å². The van der Waals surface area contributed by atoms with Crippen LogP contribution in [0.3, 0.4) is 0 Å². The molecular formula is C19H20BrFN2O3S. The fourth-order valence-electron chi connectivity index (χ4n) is 2.31. The van der Waals surface area contributed by atoms with Gasteiger partial charge in [-0.15, -0.1) is 0 Å². The quantitative estimate of drug-likeness (QED) is 0.497. The second-order valence-corrected chi connectivity index (χ2v) is 8.61. The molecule has 2 N–H and O–H groups in total. The van der Waals surface area contributed by atoms with E-state index in [1.54, 1.807) is 31.2 Å². The standard InChI is InChI=1S/C19H20BrFN2O3S/c1-13-3-4-14(2)18(11-13)27(25,26)23-10-9-22-19(24)8-5-15-12-16(20)6-7-17(15)21/h3-8,11-12,23H,9-10H2,1-2H3,(H,22,24)/b8-5+. The van der Waals surface area contributed by atoms with Crippen LogP contribution in [0.4, 0.5) is 4.39 Å². The van der Waals surface area contributed by atoms with Crippen molar-refractivity contribution < 1.29 is 17.6 Å². The van der Waals surface area contributed by atoms with E-state index in [9.17, 15) is 17.6 Å². The molecule has 5 nitrogen and oxygen atoms in total. The number of aryl methyl sites for hydroxylation is 2.